The van der Waals surface area contributed by atoms with Crippen LogP contribution >= 0.6 is 0 Å². The van der Waals surface area contributed by atoms with Crippen LogP contribution in [0.3, 0.4) is 0 Å². The van der Waals surface area contributed by atoms with Crippen LogP contribution in [-0.2, 0) is 10.0 Å². The molecule has 9 nitrogen and oxygen atoms in total. The van der Waals surface area contributed by atoms with Gasteiger partial charge < -0.3 is 10.1 Å². The Labute approximate surface area is 188 Å². The molecule has 2 aromatic carbocycles. The first-order chi connectivity index (χ1) is 15.2. The third-order valence-electron chi connectivity index (χ3n) is 4.91. The molecule has 0 aromatic heterocycles. The molecule has 0 spiro atoms. The van der Waals surface area contributed by atoms with Crippen LogP contribution in [0.4, 0.5) is 11.4 Å². The molecule has 10 heteroatoms. The summed E-state index contributed by atoms with van der Waals surface area (Å²) in [6.07, 6.45) is 3.36. The van der Waals surface area contributed by atoms with Crippen molar-refractivity contribution in [1.82, 2.24) is 4.31 Å². The van der Waals surface area contributed by atoms with E-state index in [9.17, 15) is 23.3 Å². The van der Waals surface area contributed by atoms with Gasteiger partial charge in [-0.05, 0) is 49.2 Å². The third kappa shape index (κ3) is 6.27. The fraction of sp³-hybridized carbons (Fsp3) is 0.409. The van der Waals surface area contributed by atoms with Crippen molar-refractivity contribution in [1.29, 1.82) is 0 Å². The second-order valence-corrected chi connectivity index (χ2v) is 9.17. The summed E-state index contributed by atoms with van der Waals surface area (Å²) in [5, 5.41) is 13.8. The van der Waals surface area contributed by atoms with Crippen molar-refractivity contribution in [2.24, 2.45) is 0 Å². The Hall–Kier alpha value is -2.98. The van der Waals surface area contributed by atoms with Gasteiger partial charge in [-0.2, -0.15) is 4.31 Å². The number of unbranched alkanes of at least 4 members (excludes halogenated alkanes) is 2. The topological polar surface area (TPSA) is 119 Å². The van der Waals surface area contributed by atoms with Crippen LogP contribution in [0.25, 0.3) is 0 Å². The van der Waals surface area contributed by atoms with Gasteiger partial charge in [-0.3, -0.25) is 14.9 Å². The molecule has 1 amide bonds. The Morgan fingerprint density at radius 3 is 2.16 bits per heavy atom. The molecule has 1 N–H and O–H groups in total. The number of ether oxygens (including phenoxy) is 1. The molecule has 0 atom stereocenters. The predicted molar refractivity (Wildman–Crippen MR) is 123 cm³/mol. The van der Waals surface area contributed by atoms with Crippen molar-refractivity contribution in [3.63, 3.8) is 0 Å². The highest BCUT2D eigenvalue weighted by atomic mass is 32.2. The number of hydrogen-bond acceptors (Lipinski definition) is 6. The quantitative estimate of drug-likeness (QED) is 0.367. The maximum absolute atomic E-state index is 13.0. The minimum atomic E-state index is -3.63. The summed E-state index contributed by atoms with van der Waals surface area (Å²) in [4.78, 5) is 23.2. The summed E-state index contributed by atoms with van der Waals surface area (Å²) in [5.41, 5.74) is 0.140. The number of hydrogen-bond donors (Lipinski definition) is 1. The van der Waals surface area contributed by atoms with Gasteiger partial charge in [0.15, 0.2) is 5.75 Å². The fourth-order valence-corrected chi connectivity index (χ4v) is 4.57. The van der Waals surface area contributed by atoms with Crippen LogP contribution in [-0.4, -0.2) is 43.8 Å². The van der Waals surface area contributed by atoms with E-state index in [-0.39, 0.29) is 21.9 Å². The summed E-state index contributed by atoms with van der Waals surface area (Å²) in [5.74, 6) is -0.504. The number of carbonyl (C=O) groups is 1. The van der Waals surface area contributed by atoms with Gasteiger partial charge in [-0.25, -0.2) is 8.42 Å². The lowest BCUT2D eigenvalue weighted by molar-refractivity contribution is -0.385. The molecule has 0 heterocycles. The van der Waals surface area contributed by atoms with E-state index in [1.165, 1.54) is 47.8 Å². The lowest BCUT2D eigenvalue weighted by atomic mass is 10.1. The lowest BCUT2D eigenvalue weighted by Crippen LogP contribution is -2.33. The van der Waals surface area contributed by atoms with Gasteiger partial charge in [-0.15, -0.1) is 0 Å². The van der Waals surface area contributed by atoms with Crippen LogP contribution in [0.15, 0.2) is 47.4 Å². The van der Waals surface area contributed by atoms with Crippen molar-refractivity contribution in [2.75, 3.05) is 25.5 Å². The van der Waals surface area contributed by atoms with E-state index >= 15 is 0 Å². The molecule has 0 saturated carbocycles. The number of nitro groups is 1. The van der Waals surface area contributed by atoms with Gasteiger partial charge in [0.1, 0.15) is 0 Å². The molecule has 0 aliphatic rings. The third-order valence-corrected chi connectivity index (χ3v) is 6.82. The van der Waals surface area contributed by atoms with Gasteiger partial charge in [-0.1, -0.05) is 26.7 Å². The number of sulfonamides is 1. The number of nitrogens with zero attached hydrogens (tertiary/aromatic N) is 2. The zero-order valence-electron chi connectivity index (χ0n) is 18.5. The molecule has 0 aliphatic heterocycles. The number of nitro benzene ring substituents is 1. The van der Waals surface area contributed by atoms with E-state index < -0.39 is 20.9 Å². The van der Waals surface area contributed by atoms with Crippen LogP contribution in [0.2, 0.25) is 0 Å². The Kier molecular flexibility index (Phi) is 9.15. The zero-order valence-corrected chi connectivity index (χ0v) is 19.4. The van der Waals surface area contributed by atoms with Crippen LogP contribution in [0.1, 0.15) is 49.9 Å². The Morgan fingerprint density at radius 1 is 1.06 bits per heavy atom. The zero-order chi connectivity index (χ0) is 23.7. The Balaban J connectivity index is 2.19. The molecular formula is C22H29N3O6S. The number of anilines is 1. The van der Waals surface area contributed by atoms with Crippen molar-refractivity contribution in [3.05, 3.63) is 58.1 Å². The van der Waals surface area contributed by atoms with Crippen molar-refractivity contribution in [2.45, 2.75) is 44.4 Å². The van der Waals surface area contributed by atoms with E-state index in [0.717, 1.165) is 31.7 Å². The molecule has 0 unspecified atom stereocenters. The summed E-state index contributed by atoms with van der Waals surface area (Å²) < 4.78 is 32.5. The molecule has 0 fully saturated rings. The SMILES string of the molecule is CCCCN(CCCC)S(=O)(=O)c1ccc(NC(=O)c2ccc(OC)c([N+](=O)[O-])c2)cc1. The average Bonchev–Trinajstić information content (AvgIpc) is 2.78. The summed E-state index contributed by atoms with van der Waals surface area (Å²) in [6.45, 7) is 4.96. The number of methoxy groups -OCH3 is 1. The minimum absolute atomic E-state index is 0.0526. The molecule has 0 saturated heterocycles. The highest BCUT2D eigenvalue weighted by Gasteiger charge is 2.24. The summed E-state index contributed by atoms with van der Waals surface area (Å²) in [6, 6.07) is 9.80. The van der Waals surface area contributed by atoms with Gasteiger partial charge >= 0.3 is 5.69 Å². The maximum Gasteiger partial charge on any atom is 0.311 e. The fourth-order valence-electron chi connectivity index (χ4n) is 3.06. The normalized spacial score (nSPS) is 11.4. The first-order valence-electron chi connectivity index (χ1n) is 10.5. The summed E-state index contributed by atoms with van der Waals surface area (Å²) in [7, 11) is -2.33. The summed E-state index contributed by atoms with van der Waals surface area (Å²) >= 11 is 0. The molecule has 32 heavy (non-hydrogen) atoms. The molecule has 0 aliphatic carbocycles. The van der Waals surface area contributed by atoms with E-state index in [1.54, 1.807) is 0 Å². The number of benzene rings is 2. The molecule has 2 rings (SSSR count). The van der Waals surface area contributed by atoms with Gasteiger partial charge in [0.05, 0.1) is 16.9 Å². The van der Waals surface area contributed by atoms with Crippen molar-refractivity contribution in [3.8, 4) is 5.75 Å². The number of amides is 1. The number of nitrogens with one attached hydrogen (secondary N) is 1. The number of rotatable bonds is 12. The standard InChI is InChI=1S/C22H29N3O6S/c1-4-6-14-24(15-7-5-2)32(29,30)19-11-9-18(10-12-19)23-22(26)17-8-13-21(31-3)20(16-17)25(27)28/h8-13,16H,4-7,14-15H2,1-3H3,(H,23,26). The lowest BCUT2D eigenvalue weighted by Gasteiger charge is -2.22. The molecule has 0 radical (unpaired) electrons. The van der Waals surface area contributed by atoms with Gasteiger partial charge in [0.2, 0.25) is 10.0 Å². The molecule has 0 bridgehead atoms. The molecule has 2 aromatic rings. The second-order valence-electron chi connectivity index (χ2n) is 7.23. The largest absolute Gasteiger partial charge is 0.490 e. The van der Waals surface area contributed by atoms with Crippen molar-refractivity contribution < 1.29 is 22.9 Å². The average molecular weight is 464 g/mol. The predicted octanol–water partition coefficient (Wildman–Crippen LogP) is 4.45. The van der Waals surface area contributed by atoms with Crippen LogP contribution in [0, 0.1) is 10.1 Å². The first kappa shape index (κ1) is 25.3. The van der Waals surface area contributed by atoms with Crippen molar-refractivity contribution >= 4 is 27.3 Å². The monoisotopic (exact) mass is 463 g/mol. The number of carbonyl (C=O) groups excluding carboxylic acids is 1. The van der Waals surface area contributed by atoms with Gasteiger partial charge in [0, 0.05) is 30.4 Å². The highest BCUT2D eigenvalue weighted by Crippen LogP contribution is 2.28. The molecule has 174 valence electrons. The Morgan fingerprint density at radius 2 is 1.66 bits per heavy atom. The van der Waals surface area contributed by atoms with Crippen LogP contribution in [0.5, 0.6) is 5.75 Å². The first-order valence-corrected chi connectivity index (χ1v) is 11.9. The van der Waals surface area contributed by atoms with E-state index in [1.807, 2.05) is 13.8 Å². The Bertz CT molecular complexity index is 1030. The van der Waals surface area contributed by atoms with Crippen LogP contribution < -0.4 is 10.1 Å². The smallest absolute Gasteiger partial charge is 0.311 e. The van der Waals surface area contributed by atoms with E-state index in [0.29, 0.717) is 18.8 Å². The molecular weight excluding hydrogens is 434 g/mol. The highest BCUT2D eigenvalue weighted by molar-refractivity contribution is 7.89. The van der Waals surface area contributed by atoms with Gasteiger partial charge in [0.25, 0.3) is 5.91 Å². The van der Waals surface area contributed by atoms with E-state index in [4.69, 9.17) is 4.74 Å². The minimum Gasteiger partial charge on any atom is -0.490 e. The van der Waals surface area contributed by atoms with E-state index in [2.05, 4.69) is 5.32 Å². The maximum atomic E-state index is 13.0. The second kappa shape index (κ2) is 11.6.